The number of carbonyl (C=O) groups excluding carboxylic acids is 4. The number of nitrogens with one attached hydrogen (secondary N) is 3. The molecular weight excluding hydrogens is 840 g/mol. The van der Waals surface area contributed by atoms with Gasteiger partial charge in [0, 0.05) is 23.8 Å². The number of halogens is 3. The van der Waals surface area contributed by atoms with E-state index < -0.39 is 93.4 Å². The van der Waals surface area contributed by atoms with Crippen LogP contribution >= 0.6 is 0 Å². The molecule has 1 saturated heterocycles. The monoisotopic (exact) mass is 895 g/mol. The van der Waals surface area contributed by atoms with Gasteiger partial charge in [0.2, 0.25) is 33.6 Å². The van der Waals surface area contributed by atoms with E-state index in [1.165, 1.54) is 19.1 Å². The Labute approximate surface area is 359 Å². The summed E-state index contributed by atoms with van der Waals surface area (Å²) in [7, 11) is -1.10. The lowest BCUT2D eigenvalue weighted by Gasteiger charge is -2.33. The Bertz CT molecular complexity index is 2130. The molecule has 1 aromatic carbocycles. The maximum atomic E-state index is 15.0. The highest BCUT2D eigenvalue weighted by Crippen LogP contribution is 2.48. The first kappa shape index (κ1) is 46.6. The van der Waals surface area contributed by atoms with Gasteiger partial charge in [-0.2, -0.15) is 18.2 Å². The van der Waals surface area contributed by atoms with E-state index in [4.69, 9.17) is 23.7 Å². The second-order valence-electron chi connectivity index (χ2n) is 16.9. The van der Waals surface area contributed by atoms with Gasteiger partial charge >= 0.3 is 12.3 Å². The first-order valence-corrected chi connectivity index (χ1v) is 22.4. The molecule has 2 saturated carbocycles. The van der Waals surface area contributed by atoms with E-state index in [9.17, 15) is 40.8 Å². The number of hydrogen-bond donors (Lipinski definition) is 3. The average molecular weight is 896 g/mol. The van der Waals surface area contributed by atoms with Gasteiger partial charge in [-0.25, -0.2) is 13.2 Å². The van der Waals surface area contributed by atoms with Crippen molar-refractivity contribution in [3.8, 4) is 17.5 Å². The Morgan fingerprint density at radius 2 is 1.82 bits per heavy atom. The summed E-state index contributed by atoms with van der Waals surface area (Å²) in [5.41, 5.74) is -1.62. The number of hydrogen-bond acceptors (Lipinski definition) is 12. The normalized spacial score (nSPS) is 28.0. The SMILES string of the molecule is CC[C@@H]1C[C@H](C)CC/C=C\[C@@H]2C[C@@]2(C(=O)NS(=O)(=O)C2(C)CC2)NC(=O)[C@@H]2C[C@@H](Oc3nc(OC)cc4cc(OC)ccc34)CN2C(=O)[C@H]1NC(=O)OCCOCCC(F)(F)F. The third kappa shape index (κ3) is 10.8. The third-order valence-electron chi connectivity index (χ3n) is 12.3. The van der Waals surface area contributed by atoms with Crippen molar-refractivity contribution in [2.45, 2.75) is 113 Å². The van der Waals surface area contributed by atoms with Crippen LogP contribution in [-0.2, 0) is 33.9 Å². The number of nitrogens with zero attached hydrogens (tertiary/aromatic N) is 2. The van der Waals surface area contributed by atoms with Crippen LogP contribution in [0.3, 0.4) is 0 Å². The summed E-state index contributed by atoms with van der Waals surface area (Å²) in [5.74, 6) is -2.22. The molecule has 2 aliphatic carbocycles. The molecule has 20 heteroatoms. The smallest absolute Gasteiger partial charge is 0.407 e. The minimum Gasteiger partial charge on any atom is -0.497 e. The number of sulfonamides is 1. The highest BCUT2D eigenvalue weighted by molar-refractivity contribution is 7.91. The van der Waals surface area contributed by atoms with Gasteiger partial charge in [0.15, 0.2) is 0 Å². The van der Waals surface area contributed by atoms with Crippen molar-refractivity contribution in [3.05, 3.63) is 36.4 Å². The lowest BCUT2D eigenvalue weighted by molar-refractivity contribution is -0.145. The molecule has 3 heterocycles. The van der Waals surface area contributed by atoms with Crippen LogP contribution < -0.4 is 29.6 Å². The minimum absolute atomic E-state index is 0.0397. The summed E-state index contributed by atoms with van der Waals surface area (Å²) in [6, 6.07) is 4.46. The zero-order chi connectivity index (χ0) is 45.0. The number of rotatable bonds is 14. The molecule has 62 heavy (non-hydrogen) atoms. The molecule has 0 radical (unpaired) electrons. The summed E-state index contributed by atoms with van der Waals surface area (Å²) in [6.07, 6.45) is -0.702. The fourth-order valence-corrected chi connectivity index (χ4v) is 9.44. The van der Waals surface area contributed by atoms with Crippen molar-refractivity contribution >= 4 is 44.6 Å². The summed E-state index contributed by atoms with van der Waals surface area (Å²) in [6.45, 7) is 3.96. The van der Waals surface area contributed by atoms with Gasteiger partial charge in [-0.15, -0.1) is 0 Å². The maximum absolute atomic E-state index is 15.0. The number of benzene rings is 1. The molecule has 4 amide bonds. The van der Waals surface area contributed by atoms with Crippen molar-refractivity contribution in [3.63, 3.8) is 0 Å². The highest BCUT2D eigenvalue weighted by atomic mass is 32.2. The van der Waals surface area contributed by atoms with Crippen molar-refractivity contribution in [2.24, 2.45) is 17.8 Å². The van der Waals surface area contributed by atoms with E-state index >= 15 is 0 Å². The number of methoxy groups -OCH3 is 2. The Balaban J connectivity index is 1.32. The number of allylic oxidation sites excluding steroid dienone is 1. The lowest BCUT2D eigenvalue weighted by Crippen LogP contribution is -2.59. The van der Waals surface area contributed by atoms with Gasteiger partial charge in [-0.3, -0.25) is 19.1 Å². The van der Waals surface area contributed by atoms with Crippen molar-refractivity contribution < 1.29 is 64.5 Å². The number of fused-ring (bicyclic) bond motifs is 3. The Morgan fingerprint density at radius 1 is 1.06 bits per heavy atom. The Hall–Kier alpha value is -4.85. The quantitative estimate of drug-likeness (QED) is 0.171. The Morgan fingerprint density at radius 3 is 2.50 bits per heavy atom. The van der Waals surface area contributed by atoms with E-state index in [-0.39, 0.29) is 50.3 Å². The van der Waals surface area contributed by atoms with Gasteiger partial charge in [0.25, 0.3) is 5.91 Å². The average Bonchev–Trinajstić information content (AvgIpc) is 4.11. The maximum Gasteiger partial charge on any atom is 0.407 e. The third-order valence-corrected chi connectivity index (χ3v) is 14.5. The van der Waals surface area contributed by atoms with E-state index in [0.717, 1.165) is 0 Å². The predicted molar refractivity (Wildman–Crippen MR) is 219 cm³/mol. The van der Waals surface area contributed by atoms with E-state index in [1.54, 1.807) is 31.2 Å². The van der Waals surface area contributed by atoms with Crippen molar-refractivity contribution in [2.75, 3.05) is 40.6 Å². The zero-order valence-electron chi connectivity index (χ0n) is 35.5. The van der Waals surface area contributed by atoms with Gasteiger partial charge < -0.3 is 39.2 Å². The molecule has 2 aliphatic heterocycles. The van der Waals surface area contributed by atoms with Gasteiger partial charge in [0.05, 0.1) is 45.1 Å². The molecule has 0 unspecified atom stereocenters. The van der Waals surface area contributed by atoms with Crippen LogP contribution in [0.4, 0.5) is 18.0 Å². The molecule has 6 rings (SSSR count). The number of pyridine rings is 1. The molecule has 0 spiro atoms. The number of carbonyl (C=O) groups is 4. The van der Waals surface area contributed by atoms with Gasteiger partial charge in [-0.05, 0) is 80.9 Å². The summed E-state index contributed by atoms with van der Waals surface area (Å²) >= 11 is 0. The zero-order valence-corrected chi connectivity index (χ0v) is 36.4. The molecule has 1 aromatic heterocycles. The summed E-state index contributed by atoms with van der Waals surface area (Å²) < 4.78 is 92.9. The molecule has 2 aromatic rings. The standard InChI is InChI=1S/C42H56F3N5O11S/c1-6-26-19-25(2)9-7-8-10-28-23-41(28,38(53)49-62(55,56)40(3)13-14-40)48-35(51)32-22-30(61-36-31-12-11-29(57-4)20-27(31)21-33(46-36)58-5)24-50(32)37(52)34(26)47-39(54)60-18-17-59-16-15-42(43,44)45/h8,10-12,20-21,25-26,28,30,32,34H,6-7,9,13-19,22-24H2,1-5H3,(H,47,54)(H,48,51)(H,49,53)/b10-8-/t25-,26-,28-,30-,32+,34+,41-/m1/s1. The number of amides is 4. The first-order valence-electron chi connectivity index (χ1n) is 20.9. The molecule has 4 aliphatic rings. The lowest BCUT2D eigenvalue weighted by atomic mass is 9.85. The topological polar surface area (TPSA) is 201 Å². The number of alkyl halides is 3. The summed E-state index contributed by atoms with van der Waals surface area (Å²) in [5, 5.41) is 6.80. The van der Waals surface area contributed by atoms with Gasteiger partial charge in [-0.1, -0.05) is 32.4 Å². The molecule has 3 N–H and O–H groups in total. The van der Waals surface area contributed by atoms with Crippen LogP contribution in [0.2, 0.25) is 0 Å². The molecule has 3 fully saturated rings. The molecule has 7 atom stereocenters. The van der Waals surface area contributed by atoms with Gasteiger partial charge in [0.1, 0.15) is 36.1 Å². The van der Waals surface area contributed by atoms with Crippen LogP contribution in [0.1, 0.15) is 78.6 Å². The second kappa shape index (κ2) is 18.9. The summed E-state index contributed by atoms with van der Waals surface area (Å²) in [4.78, 5) is 62.7. The van der Waals surface area contributed by atoms with Crippen LogP contribution in [-0.4, -0.2) is 117 Å². The van der Waals surface area contributed by atoms with E-state index in [2.05, 4.69) is 20.3 Å². The van der Waals surface area contributed by atoms with Crippen molar-refractivity contribution in [1.29, 1.82) is 0 Å². The minimum atomic E-state index is -4.41. The fraction of sp³-hybridized carbons (Fsp3) is 0.643. The highest BCUT2D eigenvalue weighted by Gasteiger charge is 2.63. The molecule has 342 valence electrons. The Kier molecular flexibility index (Phi) is 14.2. The van der Waals surface area contributed by atoms with Crippen LogP contribution in [0, 0.1) is 17.8 Å². The second-order valence-corrected chi connectivity index (χ2v) is 19.1. The fourth-order valence-electron chi connectivity index (χ4n) is 8.13. The van der Waals surface area contributed by atoms with Crippen LogP contribution in [0.25, 0.3) is 10.8 Å². The predicted octanol–water partition coefficient (Wildman–Crippen LogP) is 4.94. The first-order chi connectivity index (χ1) is 29.3. The molecule has 16 nitrogen and oxygen atoms in total. The molecular formula is C42H56F3N5O11S. The van der Waals surface area contributed by atoms with Crippen LogP contribution in [0.15, 0.2) is 36.4 Å². The molecule has 0 bridgehead atoms. The number of ether oxygens (including phenoxy) is 5. The largest absolute Gasteiger partial charge is 0.497 e. The van der Waals surface area contributed by atoms with Crippen LogP contribution in [0.5, 0.6) is 17.5 Å². The van der Waals surface area contributed by atoms with Crippen molar-refractivity contribution in [1.82, 2.24) is 25.2 Å². The number of alkyl carbamates (subject to hydrolysis) is 1. The van der Waals surface area contributed by atoms with E-state index in [1.807, 2.05) is 26.0 Å². The number of aromatic nitrogens is 1. The van der Waals surface area contributed by atoms with E-state index in [0.29, 0.717) is 55.0 Å².